The summed E-state index contributed by atoms with van der Waals surface area (Å²) in [6.07, 6.45) is 2.40. The average molecular weight is 677 g/mol. The van der Waals surface area contributed by atoms with Crippen molar-refractivity contribution in [3.63, 3.8) is 0 Å². The molecule has 0 bridgehead atoms. The molecule has 2 heterocycles. The zero-order valence-electron chi connectivity index (χ0n) is 29.0. The van der Waals surface area contributed by atoms with Crippen LogP contribution in [0.3, 0.4) is 0 Å². The third-order valence-corrected chi connectivity index (χ3v) is 15.2. The number of benzene rings is 4. The third kappa shape index (κ3) is 7.67. The number of fused-ring (bicyclic) bond motifs is 1. The zero-order chi connectivity index (χ0) is 34.5. The molecule has 5 atom stereocenters. The lowest BCUT2D eigenvalue weighted by atomic mass is 9.93. The largest absolute Gasteiger partial charge is 0.497 e. The highest BCUT2D eigenvalue weighted by atomic mass is 28.3. The van der Waals surface area contributed by atoms with Gasteiger partial charge in [-0.2, -0.15) is 0 Å². The fourth-order valence-corrected chi connectivity index (χ4v) is 12.1. The van der Waals surface area contributed by atoms with E-state index in [0.717, 1.165) is 29.8 Å². The van der Waals surface area contributed by atoms with Crippen LogP contribution in [0.4, 0.5) is 5.69 Å². The van der Waals surface area contributed by atoms with Gasteiger partial charge in [0, 0.05) is 17.8 Å². The standard InChI is InChI=1S/C41H48N2O5Si/c1-28-37(23-16-29-14-17-33(18-15-29)42-41(46)30-10-6-5-7-11-30)48-38(40(28)49(3,4)36-21-19-35(47-2)20-22-36)25-39(45)43-26-32-13-9-8-12-31(32)24-34(43)27-44/h5-15,17-22,28,34,37-38,40,44H,16,23-27H2,1-4H3,(H,42,46)/t28-,34-,37+,38-,40+/m0/s1. The zero-order valence-corrected chi connectivity index (χ0v) is 30.0. The molecule has 0 aliphatic carbocycles. The number of methoxy groups -OCH3 is 1. The van der Waals surface area contributed by atoms with Crippen molar-refractivity contribution in [2.45, 2.75) is 76.0 Å². The van der Waals surface area contributed by atoms with Gasteiger partial charge in [0.15, 0.2) is 0 Å². The first-order valence-corrected chi connectivity index (χ1v) is 20.5. The number of carbonyl (C=O) groups is 2. The summed E-state index contributed by atoms with van der Waals surface area (Å²) in [5, 5.41) is 14.6. The van der Waals surface area contributed by atoms with E-state index in [0.29, 0.717) is 24.9 Å². The number of aryl methyl sites for hydroxylation is 1. The van der Waals surface area contributed by atoms with Crippen molar-refractivity contribution in [1.29, 1.82) is 0 Å². The molecule has 7 nitrogen and oxygen atoms in total. The van der Waals surface area contributed by atoms with Gasteiger partial charge in [-0.15, -0.1) is 0 Å². The lowest BCUT2D eigenvalue weighted by molar-refractivity contribution is -0.138. The number of ether oxygens (including phenoxy) is 2. The number of hydrogen-bond acceptors (Lipinski definition) is 5. The molecule has 0 radical (unpaired) electrons. The Morgan fingerprint density at radius 3 is 2.24 bits per heavy atom. The Kier molecular flexibility index (Phi) is 10.7. The summed E-state index contributed by atoms with van der Waals surface area (Å²) < 4.78 is 12.4. The first kappa shape index (κ1) is 34.6. The Morgan fingerprint density at radius 1 is 0.898 bits per heavy atom. The van der Waals surface area contributed by atoms with Crippen molar-refractivity contribution >= 4 is 30.8 Å². The molecule has 2 aliphatic rings. The van der Waals surface area contributed by atoms with Gasteiger partial charge in [0.1, 0.15) is 5.75 Å². The summed E-state index contributed by atoms with van der Waals surface area (Å²) in [6, 6.07) is 33.7. The number of aliphatic hydroxyl groups is 1. The van der Waals surface area contributed by atoms with Crippen LogP contribution in [-0.2, 0) is 28.9 Å². The minimum absolute atomic E-state index is 0.000929. The highest BCUT2D eigenvalue weighted by molar-refractivity contribution is 6.91. The lowest BCUT2D eigenvalue weighted by Gasteiger charge is -2.39. The molecule has 1 fully saturated rings. The number of nitrogens with zero attached hydrogens (tertiary/aromatic N) is 1. The Balaban J connectivity index is 1.18. The molecule has 0 unspecified atom stereocenters. The fraction of sp³-hybridized carbons (Fsp3) is 0.366. The van der Waals surface area contributed by atoms with Gasteiger partial charge in [-0.3, -0.25) is 9.59 Å². The van der Waals surface area contributed by atoms with Gasteiger partial charge >= 0.3 is 0 Å². The molecule has 0 aromatic heterocycles. The predicted molar refractivity (Wildman–Crippen MR) is 197 cm³/mol. The summed E-state index contributed by atoms with van der Waals surface area (Å²) >= 11 is 0. The Hall–Kier alpha value is -4.24. The van der Waals surface area contributed by atoms with Gasteiger partial charge in [-0.25, -0.2) is 0 Å². The molecule has 6 rings (SSSR count). The predicted octanol–water partition coefficient (Wildman–Crippen LogP) is 6.61. The van der Waals surface area contributed by atoms with Crippen LogP contribution in [0, 0.1) is 5.92 Å². The Morgan fingerprint density at radius 2 is 1.57 bits per heavy atom. The number of anilines is 1. The number of aliphatic hydroxyl groups excluding tert-OH is 1. The van der Waals surface area contributed by atoms with Crippen molar-refractivity contribution in [3.05, 3.63) is 125 Å². The van der Waals surface area contributed by atoms with Crippen molar-refractivity contribution in [3.8, 4) is 5.75 Å². The minimum atomic E-state index is -2.15. The molecule has 4 aromatic carbocycles. The van der Waals surface area contributed by atoms with E-state index in [1.807, 2.05) is 59.5 Å². The van der Waals surface area contributed by atoms with Crippen LogP contribution in [0.1, 0.15) is 46.8 Å². The van der Waals surface area contributed by atoms with Crippen molar-refractivity contribution in [2.24, 2.45) is 5.92 Å². The van der Waals surface area contributed by atoms with Gasteiger partial charge < -0.3 is 24.8 Å². The second-order valence-electron chi connectivity index (χ2n) is 14.1. The molecule has 2 aliphatic heterocycles. The SMILES string of the molecule is COc1ccc([Si](C)(C)[C@@H]2[C@@H](C)[C@@H](CCc3ccc(NC(=O)c4ccccc4)cc3)O[C@H]2CC(=O)N2Cc3ccccc3C[C@H]2CO)cc1. The van der Waals surface area contributed by atoms with Crippen molar-refractivity contribution < 1.29 is 24.2 Å². The molecule has 0 spiro atoms. The first-order valence-electron chi connectivity index (χ1n) is 17.4. The van der Waals surface area contributed by atoms with E-state index in [2.05, 4.69) is 61.7 Å². The minimum Gasteiger partial charge on any atom is -0.497 e. The average Bonchev–Trinajstić information content (AvgIpc) is 3.45. The van der Waals surface area contributed by atoms with E-state index < -0.39 is 8.07 Å². The smallest absolute Gasteiger partial charge is 0.255 e. The molecular formula is C41H48N2O5Si. The molecule has 256 valence electrons. The highest BCUT2D eigenvalue weighted by Gasteiger charge is 2.51. The van der Waals surface area contributed by atoms with Crippen LogP contribution in [0.25, 0.3) is 0 Å². The first-order chi connectivity index (χ1) is 23.7. The van der Waals surface area contributed by atoms with Crippen LogP contribution in [0.2, 0.25) is 18.6 Å². The summed E-state index contributed by atoms with van der Waals surface area (Å²) in [5.74, 6) is 1.00. The summed E-state index contributed by atoms with van der Waals surface area (Å²) in [6.45, 7) is 7.55. The molecular weight excluding hydrogens is 629 g/mol. The molecule has 8 heteroatoms. The van der Waals surface area contributed by atoms with E-state index in [4.69, 9.17) is 9.47 Å². The van der Waals surface area contributed by atoms with Crippen LogP contribution < -0.4 is 15.2 Å². The van der Waals surface area contributed by atoms with E-state index in [-0.39, 0.29) is 48.1 Å². The maximum Gasteiger partial charge on any atom is 0.255 e. The monoisotopic (exact) mass is 676 g/mol. The van der Waals surface area contributed by atoms with Gasteiger partial charge in [0.2, 0.25) is 5.91 Å². The van der Waals surface area contributed by atoms with E-state index in [1.165, 1.54) is 16.3 Å². The highest BCUT2D eigenvalue weighted by Crippen LogP contribution is 2.47. The normalized spacial score (nSPS) is 22.0. The van der Waals surface area contributed by atoms with Crippen LogP contribution in [0.5, 0.6) is 5.75 Å². The second kappa shape index (κ2) is 15.1. The molecule has 2 N–H and O–H groups in total. The van der Waals surface area contributed by atoms with E-state index in [9.17, 15) is 14.7 Å². The Bertz CT molecular complexity index is 1730. The number of hydrogen-bond donors (Lipinski definition) is 2. The molecule has 49 heavy (non-hydrogen) atoms. The quantitative estimate of drug-likeness (QED) is 0.175. The van der Waals surface area contributed by atoms with Gasteiger partial charge in [-0.1, -0.05) is 91.9 Å². The molecule has 4 aromatic rings. The topological polar surface area (TPSA) is 88.1 Å². The van der Waals surface area contributed by atoms with Crippen LogP contribution in [0.15, 0.2) is 103 Å². The van der Waals surface area contributed by atoms with Gasteiger partial charge in [0.25, 0.3) is 5.91 Å². The summed E-state index contributed by atoms with van der Waals surface area (Å²) in [4.78, 5) is 28.6. The molecule has 1 saturated heterocycles. The summed E-state index contributed by atoms with van der Waals surface area (Å²) in [7, 11) is -0.466. The number of amides is 2. The fourth-order valence-electron chi connectivity index (χ4n) is 8.03. The van der Waals surface area contributed by atoms with Gasteiger partial charge in [-0.05, 0) is 83.8 Å². The van der Waals surface area contributed by atoms with E-state index >= 15 is 0 Å². The lowest BCUT2D eigenvalue weighted by Crippen LogP contribution is -2.52. The van der Waals surface area contributed by atoms with Crippen molar-refractivity contribution in [1.82, 2.24) is 4.90 Å². The van der Waals surface area contributed by atoms with Crippen LogP contribution >= 0.6 is 0 Å². The number of nitrogens with one attached hydrogen (secondary N) is 1. The third-order valence-electron chi connectivity index (χ3n) is 10.8. The maximum absolute atomic E-state index is 14.1. The summed E-state index contributed by atoms with van der Waals surface area (Å²) in [5.41, 5.74) is 5.13. The van der Waals surface area contributed by atoms with E-state index in [1.54, 1.807) is 19.2 Å². The van der Waals surface area contributed by atoms with Crippen LogP contribution in [-0.4, -0.2) is 61.9 Å². The number of rotatable bonds is 11. The second-order valence-corrected chi connectivity index (χ2v) is 18.8. The molecule has 2 amide bonds. The number of carbonyl (C=O) groups excluding carboxylic acids is 2. The Labute approximate surface area is 291 Å². The molecule has 0 saturated carbocycles. The van der Waals surface area contributed by atoms with Gasteiger partial charge in [0.05, 0.1) is 46.5 Å². The maximum atomic E-state index is 14.1. The van der Waals surface area contributed by atoms with Crippen molar-refractivity contribution in [2.75, 3.05) is 19.0 Å².